The molecule has 0 aromatic rings. The van der Waals surface area contributed by atoms with Gasteiger partial charge in [0, 0.05) is 20.2 Å². The predicted molar refractivity (Wildman–Crippen MR) is 71.5 cm³/mol. The van der Waals surface area contributed by atoms with Crippen molar-refractivity contribution in [3.8, 4) is 0 Å². The number of likely N-dealkylation sites (tertiary alicyclic amines) is 1. The molecule has 1 aliphatic rings. The summed E-state index contributed by atoms with van der Waals surface area (Å²) in [5.74, 6) is 0.0255. The van der Waals surface area contributed by atoms with E-state index in [1.807, 2.05) is 6.92 Å². The molecule has 18 heavy (non-hydrogen) atoms. The first-order chi connectivity index (χ1) is 8.48. The molecule has 1 aliphatic heterocycles. The quantitative estimate of drug-likeness (QED) is 0.683. The molecule has 1 fully saturated rings. The van der Waals surface area contributed by atoms with Crippen LogP contribution in [0, 0.1) is 5.92 Å². The van der Waals surface area contributed by atoms with E-state index >= 15 is 0 Å². The second-order valence-corrected chi connectivity index (χ2v) is 5.61. The molecule has 0 saturated carbocycles. The number of carbonyl (C=O) groups is 1. The van der Waals surface area contributed by atoms with Crippen LogP contribution in [0.2, 0.25) is 0 Å². The molecular weight excluding hydrogens is 230 g/mol. The highest BCUT2D eigenvalue weighted by molar-refractivity contribution is 5.72. The number of methoxy groups -OCH3 is 1. The van der Waals surface area contributed by atoms with Crippen LogP contribution in [0.1, 0.15) is 40.0 Å². The fourth-order valence-corrected chi connectivity index (χ4v) is 2.24. The van der Waals surface area contributed by atoms with E-state index < -0.39 is 0 Å². The summed E-state index contributed by atoms with van der Waals surface area (Å²) in [4.78, 5) is 14.1. The Bertz CT molecular complexity index is 266. The zero-order chi connectivity index (χ0) is 13.6. The van der Waals surface area contributed by atoms with Gasteiger partial charge in [-0.1, -0.05) is 0 Å². The zero-order valence-corrected chi connectivity index (χ0v) is 12.2. The smallest absolute Gasteiger partial charge is 0.310 e. The number of hydrogen-bond acceptors (Lipinski definition) is 4. The van der Waals surface area contributed by atoms with Gasteiger partial charge in [-0.15, -0.1) is 0 Å². The third kappa shape index (κ3) is 4.94. The summed E-state index contributed by atoms with van der Waals surface area (Å²) in [6.45, 7) is 9.43. The highest BCUT2D eigenvalue weighted by atomic mass is 16.5. The van der Waals surface area contributed by atoms with Crippen molar-refractivity contribution in [2.45, 2.75) is 45.6 Å². The van der Waals surface area contributed by atoms with E-state index in [0.29, 0.717) is 6.61 Å². The molecule has 1 rings (SSSR count). The molecule has 4 heteroatoms. The summed E-state index contributed by atoms with van der Waals surface area (Å²) in [5, 5.41) is 0. The molecule has 0 spiro atoms. The lowest BCUT2D eigenvalue weighted by molar-refractivity contribution is -0.150. The molecule has 0 bridgehead atoms. The van der Waals surface area contributed by atoms with Gasteiger partial charge in [-0.2, -0.15) is 0 Å². The summed E-state index contributed by atoms with van der Waals surface area (Å²) in [7, 11) is 1.75. The molecule has 1 unspecified atom stereocenters. The third-order valence-electron chi connectivity index (χ3n) is 3.71. The number of carbonyl (C=O) groups excluding carboxylic acids is 1. The Hall–Kier alpha value is -0.610. The lowest BCUT2D eigenvalue weighted by Crippen LogP contribution is -2.41. The average Bonchev–Trinajstić information content (AvgIpc) is 2.37. The van der Waals surface area contributed by atoms with Crippen LogP contribution in [-0.2, 0) is 14.3 Å². The number of nitrogens with zero attached hydrogens (tertiary/aromatic N) is 1. The molecule has 1 heterocycles. The first-order valence-electron chi connectivity index (χ1n) is 6.92. The van der Waals surface area contributed by atoms with E-state index in [0.717, 1.165) is 38.9 Å². The predicted octanol–water partition coefficient (Wildman–Crippen LogP) is 2.08. The van der Waals surface area contributed by atoms with E-state index in [2.05, 4.69) is 18.7 Å². The van der Waals surface area contributed by atoms with Crippen molar-refractivity contribution >= 4 is 5.97 Å². The molecule has 0 aliphatic carbocycles. The van der Waals surface area contributed by atoms with Gasteiger partial charge in [-0.3, -0.25) is 4.79 Å². The van der Waals surface area contributed by atoms with Gasteiger partial charge in [0.05, 0.1) is 18.1 Å². The third-order valence-corrected chi connectivity index (χ3v) is 3.71. The lowest BCUT2D eigenvalue weighted by atomic mass is 9.97. The maximum Gasteiger partial charge on any atom is 0.310 e. The minimum atomic E-state index is -0.0864. The van der Waals surface area contributed by atoms with Crippen molar-refractivity contribution in [2.75, 3.05) is 33.4 Å². The zero-order valence-electron chi connectivity index (χ0n) is 12.2. The summed E-state index contributed by atoms with van der Waals surface area (Å²) in [6, 6.07) is 0. The highest BCUT2D eigenvalue weighted by Gasteiger charge is 2.27. The average molecular weight is 257 g/mol. The Kier molecular flexibility index (Phi) is 6.09. The summed E-state index contributed by atoms with van der Waals surface area (Å²) in [6.07, 6.45) is 3.03. The Morgan fingerprint density at radius 2 is 2.17 bits per heavy atom. The van der Waals surface area contributed by atoms with Crippen LogP contribution in [-0.4, -0.2) is 49.8 Å². The first kappa shape index (κ1) is 15.4. The van der Waals surface area contributed by atoms with E-state index in [1.165, 1.54) is 0 Å². The maximum absolute atomic E-state index is 11.7. The maximum atomic E-state index is 11.7. The van der Waals surface area contributed by atoms with Gasteiger partial charge < -0.3 is 14.4 Å². The van der Waals surface area contributed by atoms with E-state index in [9.17, 15) is 4.79 Å². The minimum Gasteiger partial charge on any atom is -0.466 e. The van der Waals surface area contributed by atoms with Crippen LogP contribution in [0.4, 0.5) is 0 Å². The minimum absolute atomic E-state index is 0.0341. The van der Waals surface area contributed by atoms with Crippen LogP contribution < -0.4 is 0 Å². The van der Waals surface area contributed by atoms with Gasteiger partial charge in [0.25, 0.3) is 0 Å². The Labute approximate surface area is 111 Å². The molecule has 0 amide bonds. The number of hydrogen-bond donors (Lipinski definition) is 0. The van der Waals surface area contributed by atoms with E-state index in [4.69, 9.17) is 9.47 Å². The van der Waals surface area contributed by atoms with Crippen LogP contribution >= 0.6 is 0 Å². The van der Waals surface area contributed by atoms with Crippen molar-refractivity contribution in [3.63, 3.8) is 0 Å². The van der Waals surface area contributed by atoms with Crippen molar-refractivity contribution in [1.29, 1.82) is 0 Å². The van der Waals surface area contributed by atoms with Crippen LogP contribution in [0.5, 0.6) is 0 Å². The Balaban J connectivity index is 2.37. The Morgan fingerprint density at radius 1 is 1.44 bits per heavy atom. The molecular formula is C14H27NO3. The van der Waals surface area contributed by atoms with E-state index in [-0.39, 0.29) is 17.5 Å². The highest BCUT2D eigenvalue weighted by Crippen LogP contribution is 2.20. The molecule has 1 saturated heterocycles. The number of esters is 1. The van der Waals surface area contributed by atoms with Crippen molar-refractivity contribution in [1.82, 2.24) is 4.90 Å². The largest absolute Gasteiger partial charge is 0.466 e. The fourth-order valence-electron chi connectivity index (χ4n) is 2.24. The molecule has 0 N–H and O–H groups in total. The van der Waals surface area contributed by atoms with Crippen LogP contribution in [0.15, 0.2) is 0 Å². The van der Waals surface area contributed by atoms with Gasteiger partial charge in [-0.05, 0) is 46.6 Å². The molecule has 4 nitrogen and oxygen atoms in total. The van der Waals surface area contributed by atoms with Gasteiger partial charge in [0.1, 0.15) is 0 Å². The first-order valence-corrected chi connectivity index (χ1v) is 6.92. The monoisotopic (exact) mass is 257 g/mol. The standard InChI is InChI=1S/C14H27NO3/c1-5-18-13(16)12-7-6-9-15(11-12)10-8-14(2,3)17-4/h12H,5-11H2,1-4H3. The van der Waals surface area contributed by atoms with Crippen LogP contribution in [0.3, 0.4) is 0 Å². The number of ether oxygens (including phenoxy) is 2. The van der Waals surface area contributed by atoms with Crippen molar-refractivity contribution in [3.05, 3.63) is 0 Å². The number of rotatable bonds is 6. The summed E-state index contributed by atoms with van der Waals surface area (Å²) < 4.78 is 10.5. The lowest BCUT2D eigenvalue weighted by Gasteiger charge is -2.33. The normalized spacial score (nSPS) is 21.9. The summed E-state index contributed by atoms with van der Waals surface area (Å²) in [5.41, 5.74) is -0.0864. The van der Waals surface area contributed by atoms with Gasteiger partial charge in [0.15, 0.2) is 0 Å². The SMILES string of the molecule is CCOC(=O)C1CCCN(CCC(C)(C)OC)C1. The topological polar surface area (TPSA) is 38.8 Å². The van der Waals surface area contributed by atoms with Gasteiger partial charge >= 0.3 is 5.97 Å². The van der Waals surface area contributed by atoms with Crippen molar-refractivity contribution in [2.24, 2.45) is 5.92 Å². The van der Waals surface area contributed by atoms with Gasteiger partial charge in [0.2, 0.25) is 0 Å². The van der Waals surface area contributed by atoms with Gasteiger partial charge in [-0.25, -0.2) is 0 Å². The van der Waals surface area contributed by atoms with Crippen LogP contribution in [0.25, 0.3) is 0 Å². The van der Waals surface area contributed by atoms with E-state index in [1.54, 1.807) is 7.11 Å². The van der Waals surface area contributed by atoms with Crippen molar-refractivity contribution < 1.29 is 14.3 Å². The number of piperidine rings is 1. The summed E-state index contributed by atoms with van der Waals surface area (Å²) >= 11 is 0. The Morgan fingerprint density at radius 3 is 2.78 bits per heavy atom. The second kappa shape index (κ2) is 7.10. The molecule has 0 aromatic heterocycles. The molecule has 0 radical (unpaired) electrons. The second-order valence-electron chi connectivity index (χ2n) is 5.61. The molecule has 1 atom stereocenters. The molecule has 106 valence electrons. The fraction of sp³-hybridized carbons (Fsp3) is 0.929. The molecule has 0 aromatic carbocycles.